The van der Waals surface area contributed by atoms with Gasteiger partial charge < -0.3 is 15.1 Å². The van der Waals surface area contributed by atoms with E-state index in [2.05, 4.69) is 41.2 Å². The fourth-order valence-corrected chi connectivity index (χ4v) is 5.37. The van der Waals surface area contributed by atoms with E-state index in [-0.39, 0.29) is 42.2 Å². The first kappa shape index (κ1) is 30.1. The summed E-state index contributed by atoms with van der Waals surface area (Å²) in [6.45, 7) is 8.44. The zero-order valence-corrected chi connectivity index (χ0v) is 23.0. The van der Waals surface area contributed by atoms with Gasteiger partial charge in [0.1, 0.15) is 0 Å². The molecule has 2 aromatic rings. The molecule has 1 aromatic heterocycles. The van der Waals surface area contributed by atoms with Gasteiger partial charge in [-0.3, -0.25) is 14.6 Å². The first-order valence-corrected chi connectivity index (χ1v) is 12.7. The molecule has 6 nitrogen and oxygen atoms in total. The van der Waals surface area contributed by atoms with Gasteiger partial charge in [-0.25, -0.2) is 0 Å². The van der Waals surface area contributed by atoms with E-state index < -0.39 is 0 Å². The maximum atomic E-state index is 13.3. The third-order valence-corrected chi connectivity index (χ3v) is 7.38. The average Bonchev–Trinajstić information content (AvgIpc) is 3.13. The molecule has 36 heavy (non-hydrogen) atoms. The summed E-state index contributed by atoms with van der Waals surface area (Å²) in [5, 5.41) is 3.26. The van der Waals surface area contributed by atoms with Gasteiger partial charge in [0, 0.05) is 38.4 Å². The fourth-order valence-electron chi connectivity index (χ4n) is 5.37. The summed E-state index contributed by atoms with van der Waals surface area (Å²) in [5.41, 5.74) is 2.06. The lowest BCUT2D eigenvalue weighted by Gasteiger charge is -2.38. The van der Waals surface area contributed by atoms with E-state index in [1.807, 2.05) is 41.4 Å². The number of hydrogen-bond acceptors (Lipinski definition) is 4. The van der Waals surface area contributed by atoms with Crippen molar-refractivity contribution >= 4 is 36.6 Å². The highest BCUT2D eigenvalue weighted by atomic mass is 35.5. The molecule has 2 saturated heterocycles. The second-order valence-electron chi connectivity index (χ2n) is 10.4. The van der Waals surface area contributed by atoms with Crippen molar-refractivity contribution in [3.05, 3.63) is 66.0 Å². The molecule has 0 bridgehead atoms. The number of carbonyl (C=O) groups excluding carboxylic acids is 2. The monoisotopic (exact) mass is 534 g/mol. The Morgan fingerprint density at radius 1 is 1.03 bits per heavy atom. The van der Waals surface area contributed by atoms with E-state index in [1.165, 1.54) is 0 Å². The molecule has 0 aliphatic carbocycles. The van der Waals surface area contributed by atoms with Gasteiger partial charge in [-0.1, -0.05) is 50.2 Å². The maximum Gasteiger partial charge on any atom is 0.229 e. The fraction of sp³-hybridized carbons (Fsp3) is 0.536. The lowest BCUT2D eigenvalue weighted by atomic mass is 9.77. The molecule has 0 saturated carbocycles. The van der Waals surface area contributed by atoms with Crippen LogP contribution >= 0.6 is 24.8 Å². The molecular formula is C28H40Cl2N4O2. The molecule has 1 spiro atoms. The number of rotatable bonds is 9. The minimum Gasteiger partial charge on any atom is -0.349 e. The minimum atomic E-state index is -0.191. The van der Waals surface area contributed by atoms with Crippen molar-refractivity contribution in [1.82, 2.24) is 20.1 Å². The van der Waals surface area contributed by atoms with Crippen LogP contribution < -0.4 is 5.32 Å². The van der Waals surface area contributed by atoms with Crippen molar-refractivity contribution in [2.45, 2.75) is 58.5 Å². The zero-order chi connectivity index (χ0) is 24.0. The number of hydrogen-bond donors (Lipinski definition) is 1. The molecule has 2 aliphatic rings. The molecule has 2 fully saturated rings. The molecule has 4 rings (SSSR count). The smallest absolute Gasteiger partial charge is 0.229 e. The Balaban J connectivity index is 0.00000228. The van der Waals surface area contributed by atoms with E-state index in [0.29, 0.717) is 24.8 Å². The van der Waals surface area contributed by atoms with Crippen LogP contribution in [0.25, 0.3) is 0 Å². The highest BCUT2D eigenvalue weighted by Gasteiger charge is 2.47. The van der Waals surface area contributed by atoms with E-state index in [0.717, 1.165) is 63.0 Å². The number of aromatic nitrogens is 1. The summed E-state index contributed by atoms with van der Waals surface area (Å²) < 4.78 is 0. The van der Waals surface area contributed by atoms with Crippen LogP contribution in [0.1, 0.15) is 63.1 Å². The lowest BCUT2D eigenvalue weighted by Crippen LogP contribution is -2.45. The van der Waals surface area contributed by atoms with Gasteiger partial charge in [0.25, 0.3) is 0 Å². The second kappa shape index (κ2) is 14.0. The number of likely N-dealkylation sites (tertiary alicyclic amines) is 2. The Hall–Kier alpha value is -2.15. The van der Waals surface area contributed by atoms with Crippen molar-refractivity contribution < 1.29 is 9.59 Å². The molecule has 2 amide bonds. The molecule has 1 atom stereocenters. The summed E-state index contributed by atoms with van der Waals surface area (Å²) in [6.07, 6.45) is 7.84. The number of halogens is 2. The zero-order valence-electron chi connectivity index (χ0n) is 21.4. The molecule has 8 heteroatoms. The van der Waals surface area contributed by atoms with E-state index in [4.69, 9.17) is 0 Å². The van der Waals surface area contributed by atoms with E-state index in [9.17, 15) is 9.59 Å². The van der Waals surface area contributed by atoms with Gasteiger partial charge in [0.05, 0.1) is 11.5 Å². The van der Waals surface area contributed by atoms with Crippen LogP contribution in [-0.2, 0) is 16.1 Å². The number of piperidine rings is 1. The van der Waals surface area contributed by atoms with Crippen LogP contribution in [0.4, 0.5) is 0 Å². The quantitative estimate of drug-likeness (QED) is 0.489. The third-order valence-electron chi connectivity index (χ3n) is 7.38. The number of nitrogens with zero attached hydrogens (tertiary/aromatic N) is 3. The molecule has 2 aliphatic heterocycles. The predicted octanol–water partition coefficient (Wildman–Crippen LogP) is 5.03. The predicted molar refractivity (Wildman–Crippen MR) is 148 cm³/mol. The molecule has 1 unspecified atom stereocenters. The van der Waals surface area contributed by atoms with Crippen LogP contribution in [0.2, 0.25) is 0 Å². The molecular weight excluding hydrogens is 495 g/mol. The Morgan fingerprint density at radius 3 is 2.36 bits per heavy atom. The van der Waals surface area contributed by atoms with Crippen LogP contribution in [0.3, 0.4) is 0 Å². The summed E-state index contributed by atoms with van der Waals surface area (Å²) in [4.78, 5) is 34.4. The first-order chi connectivity index (χ1) is 16.4. The summed E-state index contributed by atoms with van der Waals surface area (Å²) in [6, 6.07) is 14.3. The second-order valence-corrected chi connectivity index (χ2v) is 10.4. The molecule has 0 radical (unpaired) electrons. The Morgan fingerprint density at radius 2 is 1.72 bits per heavy atom. The van der Waals surface area contributed by atoms with Crippen LogP contribution in [0, 0.1) is 11.3 Å². The number of nitrogens with one attached hydrogen (secondary N) is 1. The number of pyridine rings is 1. The number of carbonyl (C=O) groups is 2. The normalized spacial score (nSPS) is 18.0. The molecule has 1 N–H and O–H groups in total. The molecule has 198 valence electrons. The van der Waals surface area contributed by atoms with Crippen LogP contribution in [0.5, 0.6) is 0 Å². The van der Waals surface area contributed by atoms with Crippen molar-refractivity contribution in [3.63, 3.8) is 0 Å². The van der Waals surface area contributed by atoms with Crippen molar-refractivity contribution in [2.75, 3.05) is 26.2 Å². The topological polar surface area (TPSA) is 65.5 Å². The van der Waals surface area contributed by atoms with Crippen molar-refractivity contribution in [2.24, 2.45) is 11.3 Å². The van der Waals surface area contributed by atoms with Crippen molar-refractivity contribution in [3.8, 4) is 0 Å². The molecule has 1 aromatic carbocycles. The van der Waals surface area contributed by atoms with Crippen LogP contribution in [-0.4, -0.2) is 52.8 Å². The Labute approximate surface area is 228 Å². The van der Waals surface area contributed by atoms with Gasteiger partial charge >= 0.3 is 0 Å². The third kappa shape index (κ3) is 7.67. The van der Waals surface area contributed by atoms with E-state index >= 15 is 0 Å². The van der Waals surface area contributed by atoms with Gasteiger partial charge in [-0.2, -0.15) is 0 Å². The Bertz CT molecular complexity index is 951. The standard InChI is InChI=1S/C28H38N4O2.2ClH/c1-22(2)19-26(33)30-25(24-8-4-3-5-9-24)10-15-31-16-11-28(12-17-31)13-18-32(27(28)34)21-23-7-6-14-29-20-23;;/h3-9,14,20,22,25H,10-13,15-19,21H2,1-2H3,(H,30,33);2*1H. The Kier molecular flexibility index (Phi) is 11.7. The van der Waals surface area contributed by atoms with Gasteiger partial charge in [-0.05, 0) is 61.9 Å². The lowest BCUT2D eigenvalue weighted by molar-refractivity contribution is -0.139. The van der Waals surface area contributed by atoms with E-state index in [1.54, 1.807) is 6.20 Å². The van der Waals surface area contributed by atoms with Crippen molar-refractivity contribution in [1.29, 1.82) is 0 Å². The van der Waals surface area contributed by atoms with Crippen LogP contribution in [0.15, 0.2) is 54.9 Å². The average molecular weight is 536 g/mol. The number of amides is 2. The SMILES string of the molecule is CC(C)CC(=O)NC(CCN1CCC2(CC1)CCN(Cc1cccnc1)C2=O)c1ccccc1.Cl.Cl. The first-order valence-electron chi connectivity index (χ1n) is 12.7. The summed E-state index contributed by atoms with van der Waals surface area (Å²) in [5.74, 6) is 0.780. The summed E-state index contributed by atoms with van der Waals surface area (Å²) in [7, 11) is 0. The van der Waals surface area contributed by atoms with Gasteiger partial charge in [0.2, 0.25) is 11.8 Å². The largest absolute Gasteiger partial charge is 0.349 e. The highest BCUT2D eigenvalue weighted by molar-refractivity contribution is 5.86. The number of benzene rings is 1. The van der Waals surface area contributed by atoms with Gasteiger partial charge in [-0.15, -0.1) is 24.8 Å². The summed E-state index contributed by atoms with van der Waals surface area (Å²) >= 11 is 0. The minimum absolute atomic E-state index is 0. The molecule has 3 heterocycles. The highest BCUT2D eigenvalue weighted by Crippen LogP contribution is 2.42. The maximum absolute atomic E-state index is 13.3. The van der Waals surface area contributed by atoms with Gasteiger partial charge in [0.15, 0.2) is 0 Å².